The molecule has 0 fully saturated rings. The molecule has 0 spiro atoms. The molecule has 1 atom stereocenters. The first-order valence-corrected chi connectivity index (χ1v) is 9.80. The molecule has 0 bridgehead atoms. The van der Waals surface area contributed by atoms with Crippen LogP contribution in [-0.2, 0) is 24.4 Å². The Hall–Kier alpha value is -2.74. The third kappa shape index (κ3) is 3.71. The number of rotatable bonds is 5. The summed E-state index contributed by atoms with van der Waals surface area (Å²) in [6.07, 6.45) is 0.291. The second kappa shape index (κ2) is 7.48. The van der Waals surface area contributed by atoms with Gasteiger partial charge in [-0.25, -0.2) is 4.98 Å². The highest BCUT2D eigenvalue weighted by atomic mass is 32.1. The third-order valence-corrected chi connectivity index (χ3v) is 5.60. The molecule has 0 N–H and O–H groups in total. The van der Waals surface area contributed by atoms with E-state index in [1.54, 1.807) is 0 Å². The van der Waals surface area contributed by atoms with Gasteiger partial charge in [-0.1, -0.05) is 18.2 Å². The van der Waals surface area contributed by atoms with Crippen LogP contribution in [0, 0.1) is 6.92 Å². The van der Waals surface area contributed by atoms with Crippen molar-refractivity contribution in [2.75, 3.05) is 6.54 Å². The van der Waals surface area contributed by atoms with Gasteiger partial charge in [0.15, 0.2) is 5.82 Å². The molecule has 0 radical (unpaired) electrons. The number of para-hydroxylation sites is 1. The number of nitrogens with zero attached hydrogens (tertiary/aromatic N) is 5. The standard InChI is InChI=1S/C19H21N5O2S/c1-13-19-22-21-14(2)24(19)9-8-23(13)18(25)10-15-12-27-17(20-15)11-26-16-6-4-3-5-7-16/h3-7,12-13H,8-11H2,1-2H3. The summed E-state index contributed by atoms with van der Waals surface area (Å²) in [6.45, 7) is 5.75. The molecule has 1 aliphatic heterocycles. The molecule has 0 saturated heterocycles. The van der Waals surface area contributed by atoms with E-state index in [2.05, 4.69) is 19.7 Å². The molecule has 0 aliphatic carbocycles. The van der Waals surface area contributed by atoms with Crippen molar-refractivity contribution in [1.82, 2.24) is 24.6 Å². The first-order valence-electron chi connectivity index (χ1n) is 8.92. The molecule has 4 rings (SSSR count). The number of hydrogen-bond acceptors (Lipinski definition) is 6. The van der Waals surface area contributed by atoms with Crippen LogP contribution in [0.25, 0.3) is 0 Å². The highest BCUT2D eigenvalue weighted by Crippen LogP contribution is 2.25. The molecule has 0 saturated carbocycles. The summed E-state index contributed by atoms with van der Waals surface area (Å²) in [5.74, 6) is 2.62. The first kappa shape index (κ1) is 17.7. The van der Waals surface area contributed by atoms with Crippen LogP contribution in [0.5, 0.6) is 5.75 Å². The number of carbonyl (C=O) groups excluding carboxylic acids is 1. The van der Waals surface area contributed by atoms with E-state index in [0.717, 1.165) is 34.6 Å². The van der Waals surface area contributed by atoms with E-state index in [0.29, 0.717) is 19.6 Å². The van der Waals surface area contributed by atoms with Gasteiger partial charge in [0.05, 0.1) is 18.2 Å². The summed E-state index contributed by atoms with van der Waals surface area (Å²) in [7, 11) is 0. The zero-order valence-corrected chi connectivity index (χ0v) is 16.1. The Morgan fingerprint density at radius 1 is 1.26 bits per heavy atom. The first-order chi connectivity index (χ1) is 13.1. The van der Waals surface area contributed by atoms with Crippen molar-refractivity contribution < 1.29 is 9.53 Å². The van der Waals surface area contributed by atoms with Gasteiger partial charge in [-0.15, -0.1) is 21.5 Å². The van der Waals surface area contributed by atoms with E-state index in [4.69, 9.17) is 4.74 Å². The fourth-order valence-electron chi connectivity index (χ4n) is 3.28. The monoisotopic (exact) mass is 383 g/mol. The molecule has 1 amide bonds. The molecule has 1 aromatic carbocycles. The van der Waals surface area contributed by atoms with E-state index in [1.165, 1.54) is 11.3 Å². The summed E-state index contributed by atoms with van der Waals surface area (Å²) in [5, 5.41) is 11.1. The highest BCUT2D eigenvalue weighted by Gasteiger charge is 2.30. The Balaban J connectivity index is 1.37. The van der Waals surface area contributed by atoms with E-state index in [9.17, 15) is 4.79 Å². The van der Waals surface area contributed by atoms with Crippen LogP contribution in [0.15, 0.2) is 35.7 Å². The van der Waals surface area contributed by atoms with Crippen LogP contribution in [0.4, 0.5) is 0 Å². The molecule has 7 nitrogen and oxygen atoms in total. The van der Waals surface area contributed by atoms with Crippen LogP contribution in [0.1, 0.15) is 35.3 Å². The Bertz CT molecular complexity index is 937. The Morgan fingerprint density at radius 2 is 2.07 bits per heavy atom. The van der Waals surface area contributed by atoms with Crippen molar-refractivity contribution in [2.45, 2.75) is 39.5 Å². The minimum atomic E-state index is -0.0769. The van der Waals surface area contributed by atoms with Gasteiger partial charge in [-0.2, -0.15) is 0 Å². The Kier molecular flexibility index (Phi) is 4.89. The number of hydrogen-bond donors (Lipinski definition) is 0. The molecule has 3 aromatic rings. The van der Waals surface area contributed by atoms with Gasteiger partial charge in [0.1, 0.15) is 23.2 Å². The average molecular weight is 383 g/mol. The highest BCUT2D eigenvalue weighted by molar-refractivity contribution is 7.09. The van der Waals surface area contributed by atoms with Crippen molar-refractivity contribution >= 4 is 17.2 Å². The van der Waals surface area contributed by atoms with Crippen LogP contribution in [-0.4, -0.2) is 37.1 Å². The lowest BCUT2D eigenvalue weighted by atomic mass is 10.1. The second-order valence-corrected chi connectivity index (χ2v) is 7.47. The maximum absolute atomic E-state index is 12.8. The van der Waals surface area contributed by atoms with E-state index < -0.39 is 0 Å². The summed E-state index contributed by atoms with van der Waals surface area (Å²) in [4.78, 5) is 19.2. The summed E-state index contributed by atoms with van der Waals surface area (Å²) in [6, 6.07) is 9.57. The Labute approximate surface area is 161 Å². The van der Waals surface area contributed by atoms with Gasteiger partial charge in [0, 0.05) is 18.5 Å². The van der Waals surface area contributed by atoms with E-state index >= 15 is 0 Å². The molecular formula is C19H21N5O2S. The SMILES string of the molecule is Cc1nnc2n1CCN(C(=O)Cc1csc(COc3ccccc3)n1)C2C. The molecule has 27 heavy (non-hydrogen) atoms. The van der Waals surface area contributed by atoms with Gasteiger partial charge in [-0.3, -0.25) is 4.79 Å². The van der Waals surface area contributed by atoms with Crippen molar-refractivity contribution in [3.05, 3.63) is 58.1 Å². The number of aryl methyl sites for hydroxylation is 1. The molecule has 1 unspecified atom stereocenters. The molecule has 8 heteroatoms. The zero-order valence-electron chi connectivity index (χ0n) is 15.3. The summed E-state index contributed by atoms with van der Waals surface area (Å²) in [5.41, 5.74) is 0.784. The largest absolute Gasteiger partial charge is 0.486 e. The normalized spacial score (nSPS) is 16.2. The predicted octanol–water partition coefficient (Wildman–Crippen LogP) is 2.77. The van der Waals surface area contributed by atoms with Crippen molar-refractivity contribution in [3.63, 3.8) is 0 Å². The predicted molar refractivity (Wildman–Crippen MR) is 101 cm³/mol. The number of aromatic nitrogens is 4. The Morgan fingerprint density at radius 3 is 2.89 bits per heavy atom. The molecule has 140 valence electrons. The van der Waals surface area contributed by atoms with Gasteiger partial charge in [0.25, 0.3) is 0 Å². The topological polar surface area (TPSA) is 73.1 Å². The van der Waals surface area contributed by atoms with Crippen molar-refractivity contribution in [1.29, 1.82) is 0 Å². The smallest absolute Gasteiger partial charge is 0.229 e. The van der Waals surface area contributed by atoms with Gasteiger partial charge >= 0.3 is 0 Å². The number of amides is 1. The van der Waals surface area contributed by atoms with Gasteiger partial charge < -0.3 is 14.2 Å². The lowest BCUT2D eigenvalue weighted by Gasteiger charge is -2.33. The van der Waals surface area contributed by atoms with Crippen molar-refractivity contribution in [2.24, 2.45) is 0 Å². The summed E-state index contributed by atoms with van der Waals surface area (Å²) >= 11 is 1.52. The number of benzene rings is 1. The van der Waals surface area contributed by atoms with Gasteiger partial charge in [0.2, 0.25) is 5.91 Å². The molecule has 3 heterocycles. The van der Waals surface area contributed by atoms with E-state index in [-0.39, 0.29) is 11.9 Å². The molecular weight excluding hydrogens is 362 g/mol. The molecule has 1 aliphatic rings. The minimum absolute atomic E-state index is 0.0650. The average Bonchev–Trinajstić information content (AvgIpc) is 3.28. The minimum Gasteiger partial charge on any atom is -0.486 e. The number of thiazole rings is 1. The maximum atomic E-state index is 12.8. The fourth-order valence-corrected chi connectivity index (χ4v) is 3.98. The van der Waals surface area contributed by atoms with Crippen LogP contribution < -0.4 is 4.74 Å². The zero-order chi connectivity index (χ0) is 18.8. The lowest BCUT2D eigenvalue weighted by molar-refractivity contribution is -0.133. The number of fused-ring (bicyclic) bond motifs is 1. The van der Waals surface area contributed by atoms with Crippen LogP contribution in [0.2, 0.25) is 0 Å². The number of ether oxygens (including phenoxy) is 1. The van der Waals surface area contributed by atoms with Crippen LogP contribution in [0.3, 0.4) is 0 Å². The van der Waals surface area contributed by atoms with E-state index in [1.807, 2.05) is 54.5 Å². The fraction of sp³-hybridized carbons (Fsp3) is 0.368. The summed E-state index contributed by atoms with van der Waals surface area (Å²) < 4.78 is 7.80. The number of carbonyl (C=O) groups is 1. The lowest BCUT2D eigenvalue weighted by Crippen LogP contribution is -2.42. The van der Waals surface area contributed by atoms with Crippen molar-refractivity contribution in [3.8, 4) is 5.75 Å². The molecule has 2 aromatic heterocycles. The third-order valence-electron chi connectivity index (χ3n) is 4.73. The maximum Gasteiger partial charge on any atom is 0.229 e. The van der Waals surface area contributed by atoms with Crippen LogP contribution >= 0.6 is 11.3 Å². The van der Waals surface area contributed by atoms with Gasteiger partial charge in [-0.05, 0) is 26.0 Å². The quantitative estimate of drug-likeness (QED) is 0.677. The second-order valence-electron chi connectivity index (χ2n) is 6.53.